The zero-order chi connectivity index (χ0) is 27.9. The van der Waals surface area contributed by atoms with Crippen LogP contribution < -0.4 is 0 Å². The van der Waals surface area contributed by atoms with E-state index in [1.807, 2.05) is 53.0 Å². The van der Waals surface area contributed by atoms with E-state index in [4.69, 9.17) is 4.74 Å². The first-order valence-corrected chi connectivity index (χ1v) is 14.2. The number of aliphatic hydroxyl groups is 1. The minimum Gasteiger partial charge on any atom is -0.458 e. The third kappa shape index (κ3) is 8.39. The Bertz CT molecular complexity index is 1010. The zero-order valence-corrected chi connectivity index (χ0v) is 24.4. The van der Waals surface area contributed by atoms with Crippen LogP contribution >= 0.6 is 11.3 Å². The van der Waals surface area contributed by atoms with Gasteiger partial charge in [0.1, 0.15) is 11.9 Å². The summed E-state index contributed by atoms with van der Waals surface area (Å²) in [5.74, 6) is -0.195. The molecule has 0 radical (unpaired) electrons. The lowest BCUT2D eigenvalue weighted by atomic mass is 9.67. The Morgan fingerprint density at radius 1 is 1.27 bits per heavy atom. The molecule has 2 heterocycles. The molecule has 7 unspecified atom stereocenters. The Balaban J connectivity index is 2.43. The second-order valence-corrected chi connectivity index (χ2v) is 12.5. The van der Waals surface area contributed by atoms with E-state index in [-0.39, 0.29) is 42.3 Å². The molecule has 206 valence electrons. The fourth-order valence-electron chi connectivity index (χ4n) is 5.04. The van der Waals surface area contributed by atoms with Gasteiger partial charge in [-0.05, 0) is 61.6 Å². The lowest BCUT2D eigenvalue weighted by molar-refractivity contribution is -0.151. The standard InChI is InChI=1S/C28H44N4O4S/c1-16-10-9-11-24(33)23(31-32-29)14-25(17(2)12-22-15-37-21(6)30-22)36-26(34)13-18(3)28(7,8)27(35)20(5)19(16)4/h12,15-16,18-20,23-25,33H,9-11,13-14H2,1-8H3/b17-12+. The summed E-state index contributed by atoms with van der Waals surface area (Å²) in [5, 5.41) is 17.7. The molecule has 1 aromatic rings. The molecule has 0 bridgehead atoms. The number of azide groups is 1. The predicted molar refractivity (Wildman–Crippen MR) is 148 cm³/mol. The molecule has 8 nitrogen and oxygen atoms in total. The van der Waals surface area contributed by atoms with Crippen LogP contribution in [0, 0.1) is 36.0 Å². The maximum absolute atomic E-state index is 13.5. The fraction of sp³-hybridized carbons (Fsp3) is 0.750. The van der Waals surface area contributed by atoms with Gasteiger partial charge in [0.25, 0.3) is 0 Å². The number of aliphatic hydroxyl groups excluding tert-OH is 1. The van der Waals surface area contributed by atoms with Crippen LogP contribution in [-0.4, -0.2) is 40.1 Å². The Morgan fingerprint density at radius 2 is 1.95 bits per heavy atom. The molecule has 1 aliphatic heterocycles. The van der Waals surface area contributed by atoms with Crippen LogP contribution in [-0.2, 0) is 14.3 Å². The average molecular weight is 533 g/mol. The summed E-state index contributed by atoms with van der Waals surface area (Å²) < 4.78 is 5.94. The molecule has 7 atom stereocenters. The summed E-state index contributed by atoms with van der Waals surface area (Å²) in [5.41, 5.74) is 10.0. The fourth-order valence-corrected chi connectivity index (χ4v) is 5.61. The first-order valence-electron chi connectivity index (χ1n) is 13.3. The van der Waals surface area contributed by atoms with Crippen LogP contribution in [0.1, 0.15) is 91.3 Å². The van der Waals surface area contributed by atoms with Gasteiger partial charge in [-0.2, -0.15) is 0 Å². The van der Waals surface area contributed by atoms with E-state index in [1.54, 1.807) is 0 Å². The third-order valence-electron chi connectivity index (χ3n) is 8.49. The molecule has 1 N–H and O–H groups in total. The molecule has 0 amide bonds. The SMILES string of the molecule is C/C(=C\c1csc(C)n1)C1CC(N=[N+]=[N-])C(O)CCCC(C)C(C)C(C)C(=O)C(C)(C)C(C)CC(=O)O1. The number of thiazole rings is 1. The van der Waals surface area contributed by atoms with Gasteiger partial charge in [-0.3, -0.25) is 9.59 Å². The minimum atomic E-state index is -0.862. The van der Waals surface area contributed by atoms with Crippen LogP contribution in [0.15, 0.2) is 16.1 Å². The minimum absolute atomic E-state index is 0.0870. The van der Waals surface area contributed by atoms with Gasteiger partial charge < -0.3 is 9.84 Å². The highest BCUT2D eigenvalue weighted by atomic mass is 32.1. The van der Waals surface area contributed by atoms with Crippen molar-refractivity contribution in [2.45, 2.75) is 106 Å². The van der Waals surface area contributed by atoms with E-state index in [1.165, 1.54) is 11.3 Å². The topological polar surface area (TPSA) is 125 Å². The van der Waals surface area contributed by atoms with Gasteiger partial charge in [-0.25, -0.2) is 4.98 Å². The predicted octanol–water partition coefficient (Wildman–Crippen LogP) is 6.91. The van der Waals surface area contributed by atoms with E-state index in [0.29, 0.717) is 6.42 Å². The molecule has 37 heavy (non-hydrogen) atoms. The lowest BCUT2D eigenvalue weighted by Gasteiger charge is -2.36. The summed E-state index contributed by atoms with van der Waals surface area (Å²) in [6, 6.07) is -0.738. The van der Waals surface area contributed by atoms with E-state index < -0.39 is 29.6 Å². The van der Waals surface area contributed by atoms with E-state index in [9.17, 15) is 20.2 Å². The highest BCUT2D eigenvalue weighted by Crippen LogP contribution is 2.38. The van der Waals surface area contributed by atoms with Gasteiger partial charge in [0.15, 0.2) is 0 Å². The van der Waals surface area contributed by atoms with Gasteiger partial charge >= 0.3 is 5.97 Å². The van der Waals surface area contributed by atoms with Crippen LogP contribution in [0.3, 0.4) is 0 Å². The van der Waals surface area contributed by atoms with Gasteiger partial charge in [0, 0.05) is 28.0 Å². The molecule has 2 rings (SSSR count). The van der Waals surface area contributed by atoms with E-state index in [0.717, 1.165) is 29.1 Å². The number of ketones is 1. The number of esters is 1. The van der Waals surface area contributed by atoms with Crippen molar-refractivity contribution in [3.63, 3.8) is 0 Å². The maximum Gasteiger partial charge on any atom is 0.306 e. The van der Waals surface area contributed by atoms with Crippen LogP contribution in [0.5, 0.6) is 0 Å². The molecule has 1 saturated heterocycles. The Hall–Kier alpha value is -2.22. The number of aromatic nitrogens is 1. The number of aryl methyl sites for hydroxylation is 1. The van der Waals surface area contributed by atoms with E-state index in [2.05, 4.69) is 28.9 Å². The quantitative estimate of drug-likeness (QED) is 0.196. The van der Waals surface area contributed by atoms with E-state index >= 15 is 0 Å². The van der Waals surface area contributed by atoms with Crippen molar-refractivity contribution in [3.8, 4) is 0 Å². The number of hydrogen-bond donors (Lipinski definition) is 1. The highest BCUT2D eigenvalue weighted by Gasteiger charge is 2.40. The Morgan fingerprint density at radius 3 is 2.54 bits per heavy atom. The van der Waals surface area contributed by atoms with Gasteiger partial charge in [-0.15, -0.1) is 11.3 Å². The molecule has 1 aromatic heterocycles. The number of hydrogen-bond acceptors (Lipinski definition) is 7. The van der Waals surface area contributed by atoms with Crippen molar-refractivity contribution in [3.05, 3.63) is 32.1 Å². The Kier molecular flexibility index (Phi) is 11.3. The molecule has 0 spiro atoms. The van der Waals surface area contributed by atoms with Crippen molar-refractivity contribution in [2.75, 3.05) is 0 Å². The largest absolute Gasteiger partial charge is 0.458 e. The van der Waals surface area contributed by atoms with Gasteiger partial charge in [-0.1, -0.05) is 59.5 Å². The number of carbonyl (C=O) groups is 2. The summed E-state index contributed by atoms with van der Waals surface area (Å²) in [6.07, 6.45) is 2.61. The number of nitrogens with zero attached hydrogens (tertiary/aromatic N) is 4. The molecule has 1 fully saturated rings. The summed E-state index contributed by atoms with van der Waals surface area (Å²) in [4.78, 5) is 34.1. The van der Waals surface area contributed by atoms with Crippen LogP contribution in [0.25, 0.3) is 16.5 Å². The maximum atomic E-state index is 13.5. The number of Topliss-reactive ketones (excluding diaryl/α,β-unsaturated/α-hetero) is 1. The van der Waals surface area contributed by atoms with Crippen LogP contribution in [0.2, 0.25) is 0 Å². The normalized spacial score (nSPS) is 32.9. The summed E-state index contributed by atoms with van der Waals surface area (Å²) in [6.45, 7) is 15.8. The summed E-state index contributed by atoms with van der Waals surface area (Å²) in [7, 11) is 0. The van der Waals surface area contributed by atoms with Crippen molar-refractivity contribution in [2.24, 2.45) is 34.2 Å². The molecule has 9 heteroatoms. The molecule has 0 aliphatic carbocycles. The second kappa shape index (κ2) is 13.5. The van der Waals surface area contributed by atoms with Crippen molar-refractivity contribution in [1.82, 2.24) is 4.98 Å². The lowest BCUT2D eigenvalue weighted by Crippen LogP contribution is -2.40. The third-order valence-corrected chi connectivity index (χ3v) is 9.28. The number of ether oxygens (including phenoxy) is 1. The average Bonchev–Trinajstić information content (AvgIpc) is 3.24. The number of cyclic esters (lactones) is 1. The summed E-state index contributed by atoms with van der Waals surface area (Å²) >= 11 is 1.53. The Labute approximate surface area is 225 Å². The highest BCUT2D eigenvalue weighted by molar-refractivity contribution is 7.09. The van der Waals surface area contributed by atoms with Gasteiger partial charge in [0.2, 0.25) is 0 Å². The zero-order valence-electron chi connectivity index (χ0n) is 23.6. The molecule has 1 aliphatic rings. The van der Waals surface area contributed by atoms with Crippen LogP contribution in [0.4, 0.5) is 0 Å². The van der Waals surface area contributed by atoms with Crippen molar-refractivity contribution in [1.29, 1.82) is 0 Å². The monoisotopic (exact) mass is 532 g/mol. The first kappa shape index (κ1) is 31.0. The number of carbonyl (C=O) groups excluding carboxylic acids is 2. The van der Waals surface area contributed by atoms with Crippen molar-refractivity contribution < 1.29 is 19.4 Å². The van der Waals surface area contributed by atoms with Gasteiger partial charge in [0.05, 0.1) is 22.8 Å². The van der Waals surface area contributed by atoms with Crippen molar-refractivity contribution >= 4 is 29.2 Å². The molecule has 0 aromatic carbocycles. The molecular weight excluding hydrogens is 488 g/mol. The molecular formula is C28H44N4O4S. The first-order chi connectivity index (χ1) is 17.3. The number of rotatable bonds is 3. The smallest absolute Gasteiger partial charge is 0.306 e. The second-order valence-electron chi connectivity index (χ2n) is 11.5. The molecule has 0 saturated carbocycles.